The summed E-state index contributed by atoms with van der Waals surface area (Å²) in [5.74, 6) is 0.343. The number of hydrogen-bond acceptors (Lipinski definition) is 2. The predicted octanol–water partition coefficient (Wildman–Crippen LogP) is 4.97. The Kier molecular flexibility index (Phi) is 3.83. The van der Waals surface area contributed by atoms with Gasteiger partial charge in [-0.25, -0.2) is 0 Å². The van der Waals surface area contributed by atoms with E-state index in [9.17, 15) is 0 Å². The van der Waals surface area contributed by atoms with Crippen LogP contribution in [0.3, 0.4) is 0 Å². The lowest BCUT2D eigenvalue weighted by Crippen LogP contribution is -2.03. The number of benzene rings is 1. The van der Waals surface area contributed by atoms with E-state index in [1.165, 1.54) is 5.39 Å². The summed E-state index contributed by atoms with van der Waals surface area (Å²) in [7, 11) is 0. The molecule has 0 saturated carbocycles. The quantitative estimate of drug-likeness (QED) is 0.578. The van der Waals surface area contributed by atoms with Crippen LogP contribution in [0.5, 0.6) is 0 Å². The van der Waals surface area contributed by atoms with Gasteiger partial charge in [0.05, 0.1) is 11.2 Å². The number of nitrogens with zero attached hydrogens (tertiary/aromatic N) is 2. The number of pyridine rings is 2. The Balaban J connectivity index is 1.66. The highest BCUT2D eigenvalue weighted by molar-refractivity contribution is 5.93. The molecule has 1 unspecified atom stereocenters. The first kappa shape index (κ1) is 14.6. The van der Waals surface area contributed by atoms with Crippen molar-refractivity contribution in [2.24, 2.45) is 0 Å². The molecule has 1 N–H and O–H groups in total. The number of para-hydroxylation sites is 1. The van der Waals surface area contributed by atoms with E-state index in [2.05, 4.69) is 65.4 Å². The van der Waals surface area contributed by atoms with Crippen molar-refractivity contribution < 1.29 is 0 Å². The second kappa shape index (κ2) is 6.28. The van der Waals surface area contributed by atoms with Crippen LogP contribution in [0.2, 0.25) is 0 Å². The lowest BCUT2D eigenvalue weighted by Gasteiger charge is -2.11. The van der Waals surface area contributed by atoms with E-state index in [1.54, 1.807) is 0 Å². The molecule has 0 spiro atoms. The fourth-order valence-corrected chi connectivity index (χ4v) is 3.13. The molecule has 4 aromatic rings. The normalized spacial score (nSPS) is 12.4. The molecular formula is C21H19N3. The molecule has 0 aliphatic heterocycles. The van der Waals surface area contributed by atoms with Gasteiger partial charge in [0.25, 0.3) is 0 Å². The zero-order valence-electron chi connectivity index (χ0n) is 13.6. The monoisotopic (exact) mass is 313 g/mol. The summed E-state index contributed by atoms with van der Waals surface area (Å²) >= 11 is 0. The number of rotatable bonds is 4. The molecule has 0 radical (unpaired) electrons. The van der Waals surface area contributed by atoms with Crippen molar-refractivity contribution in [1.29, 1.82) is 0 Å². The highest BCUT2D eigenvalue weighted by Crippen LogP contribution is 2.27. The first-order valence-corrected chi connectivity index (χ1v) is 8.24. The molecule has 4 rings (SSSR count). The van der Waals surface area contributed by atoms with Crippen LogP contribution >= 0.6 is 0 Å². The summed E-state index contributed by atoms with van der Waals surface area (Å²) < 4.78 is 0. The minimum Gasteiger partial charge on any atom is -0.361 e. The van der Waals surface area contributed by atoms with E-state index < -0.39 is 0 Å². The molecule has 0 bridgehead atoms. The Bertz CT molecular complexity index is 957. The molecule has 3 aromatic heterocycles. The summed E-state index contributed by atoms with van der Waals surface area (Å²) in [6.45, 7) is 2.20. The standard InChI is InChI=1S/C21H19N3/c1-15(19-9-2-3-12-22-19)14-17-7-5-10-20(24-17)18-8-4-6-16-11-13-23-21(16)18/h2-13,15,23H,14H2,1H3. The van der Waals surface area contributed by atoms with Crippen molar-refractivity contribution in [1.82, 2.24) is 15.0 Å². The largest absolute Gasteiger partial charge is 0.361 e. The second-order valence-corrected chi connectivity index (χ2v) is 6.12. The van der Waals surface area contributed by atoms with Crippen molar-refractivity contribution in [3.63, 3.8) is 0 Å². The van der Waals surface area contributed by atoms with Gasteiger partial charge in [-0.1, -0.05) is 37.3 Å². The summed E-state index contributed by atoms with van der Waals surface area (Å²) in [5, 5.41) is 1.21. The molecule has 0 aliphatic rings. The highest BCUT2D eigenvalue weighted by atomic mass is 14.7. The molecule has 3 heterocycles. The van der Waals surface area contributed by atoms with Gasteiger partial charge in [0, 0.05) is 40.6 Å². The van der Waals surface area contributed by atoms with Crippen LogP contribution < -0.4 is 0 Å². The fourth-order valence-electron chi connectivity index (χ4n) is 3.13. The van der Waals surface area contributed by atoms with Gasteiger partial charge in [-0.15, -0.1) is 0 Å². The maximum Gasteiger partial charge on any atom is 0.0726 e. The lowest BCUT2D eigenvalue weighted by molar-refractivity contribution is 0.716. The second-order valence-electron chi connectivity index (χ2n) is 6.12. The molecule has 118 valence electrons. The van der Waals surface area contributed by atoms with Crippen LogP contribution in [0.25, 0.3) is 22.2 Å². The van der Waals surface area contributed by atoms with Crippen LogP contribution in [-0.4, -0.2) is 15.0 Å². The van der Waals surface area contributed by atoms with E-state index in [-0.39, 0.29) is 0 Å². The minimum absolute atomic E-state index is 0.343. The Hall–Kier alpha value is -2.94. The Morgan fingerprint density at radius 1 is 0.958 bits per heavy atom. The van der Waals surface area contributed by atoms with Gasteiger partial charge >= 0.3 is 0 Å². The van der Waals surface area contributed by atoms with Crippen LogP contribution in [0.4, 0.5) is 0 Å². The van der Waals surface area contributed by atoms with Crippen LogP contribution in [-0.2, 0) is 6.42 Å². The third-order valence-electron chi connectivity index (χ3n) is 4.38. The topological polar surface area (TPSA) is 41.6 Å². The van der Waals surface area contributed by atoms with Gasteiger partial charge in [0.1, 0.15) is 0 Å². The van der Waals surface area contributed by atoms with Crippen LogP contribution in [0.15, 0.2) is 73.1 Å². The van der Waals surface area contributed by atoms with Crippen LogP contribution in [0, 0.1) is 0 Å². The average molecular weight is 313 g/mol. The maximum atomic E-state index is 4.89. The van der Waals surface area contributed by atoms with Crippen molar-refractivity contribution in [2.75, 3.05) is 0 Å². The number of hydrogen-bond donors (Lipinski definition) is 1. The van der Waals surface area contributed by atoms with Gasteiger partial charge < -0.3 is 4.98 Å². The van der Waals surface area contributed by atoms with E-state index in [1.807, 2.05) is 24.5 Å². The average Bonchev–Trinajstić information content (AvgIpc) is 3.11. The molecule has 1 atom stereocenters. The molecule has 24 heavy (non-hydrogen) atoms. The third-order valence-corrected chi connectivity index (χ3v) is 4.38. The number of fused-ring (bicyclic) bond motifs is 1. The summed E-state index contributed by atoms with van der Waals surface area (Å²) in [6.07, 6.45) is 4.70. The van der Waals surface area contributed by atoms with Crippen molar-refractivity contribution >= 4 is 10.9 Å². The molecule has 0 saturated heterocycles. The number of aromatic nitrogens is 3. The van der Waals surface area contributed by atoms with Crippen molar-refractivity contribution in [3.05, 3.63) is 84.4 Å². The zero-order chi connectivity index (χ0) is 16.4. The predicted molar refractivity (Wildman–Crippen MR) is 97.9 cm³/mol. The molecular weight excluding hydrogens is 294 g/mol. The maximum absolute atomic E-state index is 4.89. The van der Waals surface area contributed by atoms with E-state index in [0.717, 1.165) is 34.6 Å². The minimum atomic E-state index is 0.343. The van der Waals surface area contributed by atoms with Crippen molar-refractivity contribution in [2.45, 2.75) is 19.3 Å². The Labute approximate surface area is 141 Å². The molecule has 0 amide bonds. The SMILES string of the molecule is CC(Cc1cccc(-c2cccc3cc[nH]c23)n1)c1ccccn1. The lowest BCUT2D eigenvalue weighted by atomic mass is 10.00. The number of aromatic amines is 1. The molecule has 0 fully saturated rings. The first-order chi connectivity index (χ1) is 11.8. The van der Waals surface area contributed by atoms with Gasteiger partial charge in [-0.3, -0.25) is 9.97 Å². The molecule has 3 nitrogen and oxygen atoms in total. The zero-order valence-corrected chi connectivity index (χ0v) is 13.6. The third kappa shape index (κ3) is 2.81. The summed E-state index contributed by atoms with van der Waals surface area (Å²) in [4.78, 5) is 12.7. The summed E-state index contributed by atoms with van der Waals surface area (Å²) in [5.41, 5.74) is 5.49. The number of nitrogens with one attached hydrogen (secondary N) is 1. The van der Waals surface area contributed by atoms with Gasteiger partial charge in [-0.2, -0.15) is 0 Å². The van der Waals surface area contributed by atoms with Gasteiger partial charge in [-0.05, 0) is 36.8 Å². The Morgan fingerprint density at radius 3 is 2.75 bits per heavy atom. The van der Waals surface area contributed by atoms with Gasteiger partial charge in [0.2, 0.25) is 0 Å². The molecule has 3 heteroatoms. The fraction of sp³-hybridized carbons (Fsp3) is 0.143. The van der Waals surface area contributed by atoms with Gasteiger partial charge in [0.15, 0.2) is 0 Å². The Morgan fingerprint density at radius 2 is 1.88 bits per heavy atom. The summed E-state index contributed by atoms with van der Waals surface area (Å²) in [6, 6.07) is 20.7. The van der Waals surface area contributed by atoms with E-state index in [4.69, 9.17) is 4.98 Å². The number of H-pyrrole nitrogens is 1. The smallest absolute Gasteiger partial charge is 0.0726 e. The first-order valence-electron chi connectivity index (χ1n) is 8.24. The van der Waals surface area contributed by atoms with E-state index in [0.29, 0.717) is 5.92 Å². The molecule has 1 aromatic carbocycles. The van der Waals surface area contributed by atoms with E-state index >= 15 is 0 Å². The van der Waals surface area contributed by atoms with Crippen molar-refractivity contribution in [3.8, 4) is 11.3 Å². The van der Waals surface area contributed by atoms with Crippen LogP contribution in [0.1, 0.15) is 24.2 Å². The highest BCUT2D eigenvalue weighted by Gasteiger charge is 2.11. The molecule has 0 aliphatic carbocycles.